The fraction of sp³-hybridized carbons (Fsp3) is 0.250. The van der Waals surface area contributed by atoms with Crippen LogP contribution in [0.25, 0.3) is 0 Å². The minimum absolute atomic E-state index is 0. The minimum atomic E-state index is 0. The van der Waals surface area contributed by atoms with Gasteiger partial charge in [-0.25, -0.2) is 0 Å². The molecule has 0 fully saturated rings. The van der Waals surface area contributed by atoms with Gasteiger partial charge in [-0.2, -0.15) is 17.7 Å². The monoisotopic (exact) mass is 503 g/mol. The molecule has 1 aromatic rings. The normalized spacial score (nSPS) is 5.75. The second-order valence-electron chi connectivity index (χ2n) is 4.15. The summed E-state index contributed by atoms with van der Waals surface area (Å²) in [4.78, 5) is 9.88. The van der Waals surface area contributed by atoms with Gasteiger partial charge in [-0.05, 0) is 0 Å². The van der Waals surface area contributed by atoms with E-state index >= 15 is 0 Å². The number of nitrogens with zero attached hydrogens (tertiary/aromatic N) is 1. The maximum Gasteiger partial charge on any atom is 0 e. The van der Waals surface area contributed by atoms with Gasteiger partial charge in [0.25, 0.3) is 0 Å². The van der Waals surface area contributed by atoms with Crippen molar-refractivity contribution in [1.82, 2.24) is 0 Å². The quantitative estimate of drug-likeness (QED) is 0.321. The summed E-state index contributed by atoms with van der Waals surface area (Å²) < 4.78 is 38.5. The molecule has 1 aromatic carbocycles. The molecule has 0 aliphatic carbocycles. The summed E-state index contributed by atoms with van der Waals surface area (Å²) in [6, 6.07) is 8.90. The molecule has 1 rings (SSSR count). The first-order valence-corrected chi connectivity index (χ1v) is 5.17. The van der Waals surface area contributed by atoms with E-state index in [1.807, 2.05) is 6.07 Å². The van der Waals surface area contributed by atoms with Crippen molar-refractivity contribution in [2.75, 3.05) is 28.2 Å². The third-order valence-corrected chi connectivity index (χ3v) is 0.892. The van der Waals surface area contributed by atoms with Crippen LogP contribution in [0.15, 0.2) is 30.3 Å². The predicted octanol–water partition coefficient (Wildman–Crippen LogP) is 1.28. The molecular formula is C16H17NO6W. The predicted molar refractivity (Wildman–Crippen MR) is 74.8 cm³/mol. The van der Waals surface area contributed by atoms with Crippen molar-refractivity contribution < 1.29 is 53.6 Å². The standard InChI is InChI=1S/C7H5O.C4H12N.5CO.W/c8-6-7-4-2-1-3-5-7;1-5(2,3)4;5*1-2;/h1-5H;1-4H3;;;;;;/q-1;+1;;;;;;. The molecule has 0 aliphatic rings. The van der Waals surface area contributed by atoms with E-state index < -0.39 is 0 Å². The van der Waals surface area contributed by atoms with Gasteiger partial charge in [0.1, 0.15) is 0 Å². The van der Waals surface area contributed by atoms with E-state index in [4.69, 9.17) is 23.3 Å². The molecule has 0 aromatic heterocycles. The van der Waals surface area contributed by atoms with E-state index in [1.165, 1.54) is 0 Å². The summed E-state index contributed by atoms with van der Waals surface area (Å²) in [7, 11) is 8.50. The molecule has 0 unspecified atom stereocenters. The summed E-state index contributed by atoms with van der Waals surface area (Å²) in [6.45, 7) is 22.5. The number of carbonyl (C=O) groups excluding carboxylic acids is 1. The van der Waals surface area contributed by atoms with Crippen molar-refractivity contribution in [2.24, 2.45) is 0 Å². The maximum atomic E-state index is 9.88. The van der Waals surface area contributed by atoms with Crippen LogP contribution in [0.2, 0.25) is 0 Å². The average molecular weight is 503 g/mol. The Morgan fingerprint density at radius 2 is 0.917 bits per heavy atom. The number of benzene rings is 1. The van der Waals surface area contributed by atoms with Crippen molar-refractivity contribution in [3.05, 3.63) is 69.1 Å². The smallest absolute Gasteiger partial charge is 0 e. The summed E-state index contributed by atoms with van der Waals surface area (Å²) >= 11 is 0. The van der Waals surface area contributed by atoms with Gasteiger partial charge >= 0.3 is 56.5 Å². The van der Waals surface area contributed by atoms with E-state index in [0.717, 1.165) is 4.48 Å². The molecule has 0 amide bonds. The Hall–Kier alpha value is -1.76. The summed E-state index contributed by atoms with van der Waals surface area (Å²) in [5.41, 5.74) is 0.604. The van der Waals surface area contributed by atoms with E-state index in [-0.39, 0.29) is 21.1 Å². The minimum Gasteiger partial charge on any atom is 0 e. The van der Waals surface area contributed by atoms with Crippen LogP contribution < -0.4 is 0 Å². The fourth-order valence-corrected chi connectivity index (χ4v) is 0.506. The van der Waals surface area contributed by atoms with Crippen molar-refractivity contribution in [3.63, 3.8) is 0 Å². The molecule has 0 saturated carbocycles. The molecule has 128 valence electrons. The van der Waals surface area contributed by atoms with E-state index in [1.54, 1.807) is 30.6 Å². The first-order valence-electron chi connectivity index (χ1n) is 5.17. The van der Waals surface area contributed by atoms with E-state index in [2.05, 4.69) is 61.4 Å². The molecule has 0 saturated heterocycles. The van der Waals surface area contributed by atoms with Crippen molar-refractivity contribution in [3.8, 4) is 0 Å². The summed E-state index contributed by atoms with van der Waals surface area (Å²) in [6.07, 6.45) is 1.78. The summed E-state index contributed by atoms with van der Waals surface area (Å²) in [5.74, 6) is 0. The van der Waals surface area contributed by atoms with Crippen LogP contribution in [0.4, 0.5) is 0 Å². The molecular weight excluding hydrogens is 486 g/mol. The maximum absolute atomic E-state index is 9.88. The van der Waals surface area contributed by atoms with Crippen LogP contribution in [0.3, 0.4) is 0 Å². The first kappa shape index (κ1) is 43.2. The Morgan fingerprint density at radius 3 is 1.04 bits per heavy atom. The second-order valence-corrected chi connectivity index (χ2v) is 4.15. The second kappa shape index (κ2) is 49.6. The zero-order valence-electron chi connectivity index (χ0n) is 13.7. The van der Waals surface area contributed by atoms with Crippen LogP contribution in [-0.2, 0) is 49.1 Å². The number of rotatable bonds is 1. The van der Waals surface area contributed by atoms with Crippen molar-refractivity contribution in [2.45, 2.75) is 0 Å². The molecule has 7 nitrogen and oxygen atoms in total. The topological polar surface area (TPSA) is 117 Å². The van der Waals surface area contributed by atoms with Crippen LogP contribution in [0.1, 0.15) is 5.56 Å². The third kappa shape index (κ3) is 110. The molecule has 0 atom stereocenters. The van der Waals surface area contributed by atoms with Gasteiger partial charge in [-0.15, -0.1) is 12.1 Å². The third-order valence-electron chi connectivity index (χ3n) is 0.892. The molecule has 0 bridgehead atoms. The molecule has 8 heteroatoms. The van der Waals surface area contributed by atoms with Gasteiger partial charge in [-0.3, -0.25) is 0 Å². The molecule has 24 heavy (non-hydrogen) atoms. The largest absolute Gasteiger partial charge is 0 e. The van der Waals surface area contributed by atoms with Gasteiger partial charge < -0.3 is 9.28 Å². The zero-order valence-corrected chi connectivity index (χ0v) is 16.6. The van der Waals surface area contributed by atoms with Gasteiger partial charge in [0.2, 0.25) is 0 Å². The number of hydrogen-bond acceptors (Lipinski definition) is 1. The molecule has 0 radical (unpaired) electrons. The Morgan fingerprint density at radius 1 is 0.708 bits per heavy atom. The fourth-order valence-electron chi connectivity index (χ4n) is 0.506. The molecule has 0 N–H and O–H groups in total. The Labute approximate surface area is 157 Å². The number of quaternary nitrogens is 1. The van der Waals surface area contributed by atoms with Gasteiger partial charge in [-0.1, -0.05) is 6.07 Å². The van der Waals surface area contributed by atoms with Crippen LogP contribution in [0, 0.1) is 33.3 Å². The Kier molecular flexibility index (Phi) is 89.3. The van der Waals surface area contributed by atoms with Gasteiger partial charge in [0.15, 0.2) is 0 Å². The molecule has 0 aliphatic heterocycles. The molecule has 0 heterocycles. The van der Waals surface area contributed by atoms with Crippen LogP contribution in [0.5, 0.6) is 0 Å². The Balaban J connectivity index is -0.0000000319. The van der Waals surface area contributed by atoms with E-state index in [9.17, 15) is 4.79 Å². The van der Waals surface area contributed by atoms with Gasteiger partial charge in [0.05, 0.1) is 34.5 Å². The van der Waals surface area contributed by atoms with Crippen molar-refractivity contribution in [1.29, 1.82) is 0 Å². The average Bonchev–Trinajstić information content (AvgIpc) is 2.63. The Bertz CT molecular complexity index is 389. The zero-order chi connectivity index (χ0) is 20.3. The SMILES string of the molecule is C[N+](C)(C)C.O=[C-]c1ccccc1.[C-]#[O+].[C-]#[O+].[C-]#[O+].[C-]#[O+].[C-]#[O+].[W]. The van der Waals surface area contributed by atoms with Crippen LogP contribution >= 0.6 is 0 Å². The van der Waals surface area contributed by atoms with E-state index in [0.29, 0.717) is 5.56 Å². The number of hydrogen-bond donors (Lipinski definition) is 0. The van der Waals surface area contributed by atoms with Gasteiger partial charge in [0, 0.05) is 21.1 Å². The first-order chi connectivity index (χ1) is 10.9. The molecule has 0 spiro atoms. The summed E-state index contributed by atoms with van der Waals surface area (Å²) in [5, 5.41) is 0. The van der Waals surface area contributed by atoms with Crippen LogP contribution in [-0.4, -0.2) is 39.0 Å². The van der Waals surface area contributed by atoms with Crippen molar-refractivity contribution >= 4 is 6.29 Å².